The summed E-state index contributed by atoms with van der Waals surface area (Å²) in [7, 11) is 1.32. The smallest absolute Gasteiger partial charge is 0.307 e. The molecule has 0 aliphatic heterocycles. The summed E-state index contributed by atoms with van der Waals surface area (Å²) in [4.78, 5) is 24.1. The van der Waals surface area contributed by atoms with Gasteiger partial charge in [-0.2, -0.15) is 5.10 Å². The van der Waals surface area contributed by atoms with Gasteiger partial charge in [-0.25, -0.2) is 0 Å². The summed E-state index contributed by atoms with van der Waals surface area (Å²) in [5, 5.41) is 9.37. The van der Waals surface area contributed by atoms with Gasteiger partial charge < -0.3 is 10.1 Å². The van der Waals surface area contributed by atoms with E-state index in [9.17, 15) is 9.59 Å². The van der Waals surface area contributed by atoms with Gasteiger partial charge in [0, 0.05) is 24.4 Å². The minimum absolute atomic E-state index is 0.144. The maximum Gasteiger partial charge on any atom is 0.307 e. The van der Waals surface area contributed by atoms with Crippen LogP contribution in [-0.2, 0) is 20.9 Å². The number of methoxy groups -OCH3 is 1. The molecule has 1 N–H and O–H groups in total. The van der Waals surface area contributed by atoms with Crippen molar-refractivity contribution in [3.05, 3.63) is 71.2 Å². The largest absolute Gasteiger partial charge is 0.469 e. The molecule has 2 heterocycles. The molecule has 1 amide bonds. The zero-order chi connectivity index (χ0) is 19.8. The van der Waals surface area contributed by atoms with Crippen LogP contribution in [-0.4, -0.2) is 35.3 Å². The van der Waals surface area contributed by atoms with Crippen molar-refractivity contribution in [2.45, 2.75) is 13.0 Å². The van der Waals surface area contributed by atoms with Gasteiger partial charge in [-0.3, -0.25) is 14.3 Å². The number of rotatable bonds is 8. The van der Waals surface area contributed by atoms with Gasteiger partial charge in [-0.05, 0) is 23.1 Å². The zero-order valence-electron chi connectivity index (χ0n) is 15.5. The molecule has 0 saturated heterocycles. The topological polar surface area (TPSA) is 73.2 Å². The van der Waals surface area contributed by atoms with Crippen molar-refractivity contribution in [2.24, 2.45) is 0 Å². The maximum absolute atomic E-state index is 12.0. The normalized spacial score (nSPS) is 10.9. The number of benzene rings is 1. The van der Waals surface area contributed by atoms with Crippen LogP contribution >= 0.6 is 11.3 Å². The monoisotopic (exact) mass is 395 g/mol. The number of aromatic nitrogens is 2. The number of ether oxygens (including phenoxy) is 1. The standard InChI is InChI=1S/C21H21N3O3S/c1-27-20(26)11-12-22-19(25)10-9-17-15-24(14-16-6-3-2-4-7-16)23-21(17)18-8-5-13-28-18/h2-10,13,15H,11-12,14H2,1H3,(H,22,25)/b10-9+. The van der Waals surface area contributed by atoms with E-state index >= 15 is 0 Å². The number of esters is 1. The van der Waals surface area contributed by atoms with E-state index in [1.165, 1.54) is 13.2 Å². The molecule has 3 rings (SSSR count). The van der Waals surface area contributed by atoms with Crippen LogP contribution in [0.15, 0.2) is 60.1 Å². The fraction of sp³-hybridized carbons (Fsp3) is 0.190. The highest BCUT2D eigenvalue weighted by Crippen LogP contribution is 2.27. The van der Waals surface area contributed by atoms with Crippen LogP contribution in [0.2, 0.25) is 0 Å². The highest BCUT2D eigenvalue weighted by atomic mass is 32.1. The maximum atomic E-state index is 12.0. The zero-order valence-corrected chi connectivity index (χ0v) is 16.3. The summed E-state index contributed by atoms with van der Waals surface area (Å²) < 4.78 is 6.43. The summed E-state index contributed by atoms with van der Waals surface area (Å²) in [6, 6.07) is 14.1. The van der Waals surface area contributed by atoms with Gasteiger partial charge in [-0.15, -0.1) is 11.3 Å². The van der Waals surface area contributed by atoms with E-state index in [1.807, 2.05) is 46.6 Å². The first kappa shape index (κ1) is 19.6. The van der Waals surface area contributed by atoms with Gasteiger partial charge in [0.05, 0.1) is 25.0 Å². The lowest BCUT2D eigenvalue weighted by molar-refractivity contribution is -0.140. The Morgan fingerprint density at radius 3 is 2.75 bits per heavy atom. The highest BCUT2D eigenvalue weighted by molar-refractivity contribution is 7.13. The van der Waals surface area contributed by atoms with Crippen LogP contribution in [0.4, 0.5) is 0 Å². The summed E-state index contributed by atoms with van der Waals surface area (Å²) in [6.45, 7) is 0.888. The Morgan fingerprint density at radius 2 is 2.04 bits per heavy atom. The molecular weight excluding hydrogens is 374 g/mol. The van der Waals surface area contributed by atoms with E-state index in [0.29, 0.717) is 6.54 Å². The van der Waals surface area contributed by atoms with E-state index in [-0.39, 0.29) is 24.8 Å². The second-order valence-electron chi connectivity index (χ2n) is 6.04. The van der Waals surface area contributed by atoms with Gasteiger partial charge in [0.1, 0.15) is 5.69 Å². The Hall–Kier alpha value is -3.19. The number of amides is 1. The molecule has 144 valence electrons. The number of carbonyl (C=O) groups excluding carboxylic acids is 2. The Bertz CT molecular complexity index is 947. The number of nitrogens with zero attached hydrogens (tertiary/aromatic N) is 2. The third kappa shape index (κ3) is 5.40. The van der Waals surface area contributed by atoms with Crippen molar-refractivity contribution in [3.8, 4) is 10.6 Å². The molecule has 0 bridgehead atoms. The molecule has 1 aromatic carbocycles. The Morgan fingerprint density at radius 1 is 1.21 bits per heavy atom. The Labute approximate surface area is 167 Å². The van der Waals surface area contributed by atoms with Gasteiger partial charge in [0.25, 0.3) is 0 Å². The first-order valence-corrected chi connectivity index (χ1v) is 9.71. The van der Waals surface area contributed by atoms with Gasteiger partial charge >= 0.3 is 5.97 Å². The number of thiophene rings is 1. The lowest BCUT2D eigenvalue weighted by Gasteiger charge is -2.00. The predicted molar refractivity (Wildman–Crippen MR) is 110 cm³/mol. The molecule has 3 aromatic rings. The predicted octanol–water partition coefficient (Wildman–Crippen LogP) is 3.35. The molecule has 0 atom stereocenters. The summed E-state index contributed by atoms with van der Waals surface area (Å²) in [5.41, 5.74) is 2.85. The number of nitrogens with one attached hydrogen (secondary N) is 1. The lowest BCUT2D eigenvalue weighted by atomic mass is 10.2. The second-order valence-corrected chi connectivity index (χ2v) is 6.99. The van der Waals surface area contributed by atoms with Gasteiger partial charge in [0.2, 0.25) is 5.91 Å². The number of hydrogen-bond acceptors (Lipinski definition) is 5. The minimum Gasteiger partial charge on any atom is -0.469 e. The third-order valence-corrected chi connectivity index (χ3v) is 4.88. The van der Waals surface area contributed by atoms with Crippen LogP contribution in [0.25, 0.3) is 16.6 Å². The summed E-state index contributed by atoms with van der Waals surface area (Å²) in [5.74, 6) is -0.622. The molecule has 0 unspecified atom stereocenters. The van der Waals surface area contributed by atoms with E-state index in [2.05, 4.69) is 22.2 Å². The fourth-order valence-corrected chi connectivity index (χ4v) is 3.36. The van der Waals surface area contributed by atoms with E-state index in [4.69, 9.17) is 5.10 Å². The second kappa shape index (κ2) is 9.66. The van der Waals surface area contributed by atoms with E-state index < -0.39 is 0 Å². The molecule has 0 aliphatic carbocycles. The van der Waals surface area contributed by atoms with Crippen molar-refractivity contribution < 1.29 is 14.3 Å². The van der Waals surface area contributed by atoms with Crippen molar-refractivity contribution in [3.63, 3.8) is 0 Å². The molecule has 6 nitrogen and oxygen atoms in total. The summed E-state index contributed by atoms with van der Waals surface area (Å²) in [6.07, 6.45) is 5.28. The molecular formula is C21H21N3O3S. The molecule has 0 radical (unpaired) electrons. The number of hydrogen-bond donors (Lipinski definition) is 1. The average Bonchev–Trinajstić information content (AvgIpc) is 3.36. The number of carbonyl (C=O) groups is 2. The lowest BCUT2D eigenvalue weighted by Crippen LogP contribution is -2.24. The fourth-order valence-electron chi connectivity index (χ4n) is 2.63. The van der Waals surface area contributed by atoms with Crippen LogP contribution < -0.4 is 5.32 Å². The van der Waals surface area contributed by atoms with Crippen LogP contribution in [0.1, 0.15) is 17.5 Å². The Balaban J connectivity index is 1.73. The van der Waals surface area contributed by atoms with Gasteiger partial charge in [-0.1, -0.05) is 36.4 Å². The summed E-state index contributed by atoms with van der Waals surface area (Å²) >= 11 is 1.60. The first-order valence-electron chi connectivity index (χ1n) is 8.83. The molecule has 0 fully saturated rings. The van der Waals surface area contributed by atoms with Crippen LogP contribution in [0.3, 0.4) is 0 Å². The highest BCUT2D eigenvalue weighted by Gasteiger charge is 2.11. The molecule has 0 spiro atoms. The van der Waals surface area contributed by atoms with E-state index in [0.717, 1.165) is 21.7 Å². The van der Waals surface area contributed by atoms with Crippen molar-refractivity contribution in [1.29, 1.82) is 0 Å². The minimum atomic E-state index is -0.355. The van der Waals surface area contributed by atoms with Crippen LogP contribution in [0, 0.1) is 0 Å². The molecule has 0 aliphatic rings. The van der Waals surface area contributed by atoms with Crippen molar-refractivity contribution in [1.82, 2.24) is 15.1 Å². The first-order chi connectivity index (χ1) is 13.7. The van der Waals surface area contributed by atoms with Gasteiger partial charge in [0.15, 0.2) is 0 Å². The van der Waals surface area contributed by atoms with Crippen molar-refractivity contribution in [2.75, 3.05) is 13.7 Å². The third-order valence-electron chi connectivity index (χ3n) is 4.00. The molecule has 28 heavy (non-hydrogen) atoms. The molecule has 2 aromatic heterocycles. The van der Waals surface area contributed by atoms with E-state index in [1.54, 1.807) is 17.4 Å². The van der Waals surface area contributed by atoms with Crippen LogP contribution in [0.5, 0.6) is 0 Å². The average molecular weight is 395 g/mol. The Kier molecular flexibility index (Phi) is 6.75. The SMILES string of the molecule is COC(=O)CCNC(=O)/C=C/c1cn(Cc2ccccc2)nc1-c1cccs1. The molecule has 0 saturated carbocycles. The quantitative estimate of drug-likeness (QED) is 0.469. The molecule has 7 heteroatoms. The van der Waals surface area contributed by atoms with Crippen molar-refractivity contribution >= 4 is 29.3 Å².